The summed E-state index contributed by atoms with van der Waals surface area (Å²) in [5, 5.41) is 1.51. The third-order valence-corrected chi connectivity index (χ3v) is 5.29. The molecule has 0 atom stereocenters. The number of amides is 1. The van der Waals surface area contributed by atoms with E-state index in [0.29, 0.717) is 23.8 Å². The minimum atomic E-state index is -0.259. The van der Waals surface area contributed by atoms with Crippen molar-refractivity contribution in [2.24, 2.45) is 7.05 Å². The van der Waals surface area contributed by atoms with Gasteiger partial charge in [0.2, 0.25) is 0 Å². The molecule has 7 heteroatoms. The third-order valence-electron chi connectivity index (χ3n) is 5.08. The highest BCUT2D eigenvalue weighted by Gasteiger charge is 2.26. The lowest BCUT2D eigenvalue weighted by Gasteiger charge is -2.31. The fourth-order valence-electron chi connectivity index (χ4n) is 3.53. The van der Waals surface area contributed by atoms with Crippen LogP contribution in [0.4, 0.5) is 0 Å². The Morgan fingerprint density at radius 1 is 1.22 bits per heavy atom. The van der Waals surface area contributed by atoms with E-state index in [1.54, 1.807) is 36.5 Å². The second-order valence-corrected chi connectivity index (χ2v) is 7.28. The molecule has 0 bridgehead atoms. The lowest BCUT2D eigenvalue weighted by atomic mass is 9.92. The monoisotopic (exact) mass is 382 g/mol. The zero-order valence-corrected chi connectivity index (χ0v) is 15.7. The molecule has 0 spiro atoms. The highest BCUT2D eigenvalue weighted by molar-refractivity contribution is 6.31. The van der Waals surface area contributed by atoms with E-state index in [1.165, 1.54) is 4.57 Å². The predicted molar refractivity (Wildman–Crippen MR) is 104 cm³/mol. The van der Waals surface area contributed by atoms with Gasteiger partial charge in [-0.15, -0.1) is 0 Å². The molecule has 4 heterocycles. The summed E-state index contributed by atoms with van der Waals surface area (Å²) in [6.45, 7) is 1.21. The molecule has 0 radical (unpaired) electrons. The van der Waals surface area contributed by atoms with Gasteiger partial charge in [-0.25, -0.2) is 9.97 Å². The first-order chi connectivity index (χ1) is 13.0. The normalized spacial score (nSPS) is 15.3. The van der Waals surface area contributed by atoms with E-state index in [2.05, 4.69) is 9.97 Å². The fraction of sp³-hybridized carbons (Fsp3) is 0.300. The number of nitrogens with zero attached hydrogens (tertiary/aromatic N) is 4. The average Bonchev–Trinajstić information content (AvgIpc) is 2.69. The van der Waals surface area contributed by atoms with Crippen LogP contribution in [0.25, 0.3) is 11.0 Å². The maximum Gasteiger partial charge on any atom is 0.263 e. The molecule has 4 rings (SSSR count). The van der Waals surface area contributed by atoms with E-state index in [1.807, 2.05) is 18.2 Å². The minimum Gasteiger partial charge on any atom is -0.338 e. The first kappa shape index (κ1) is 17.7. The van der Waals surface area contributed by atoms with E-state index >= 15 is 0 Å². The van der Waals surface area contributed by atoms with Gasteiger partial charge in [-0.2, -0.15) is 0 Å². The molecule has 138 valence electrons. The van der Waals surface area contributed by atoms with Gasteiger partial charge < -0.3 is 9.47 Å². The Morgan fingerprint density at radius 2 is 2.00 bits per heavy atom. The first-order valence-corrected chi connectivity index (χ1v) is 9.28. The standard InChI is InChI=1S/C20H19ClN4O2/c1-24-8-2-3-16(19(24)26)20(27)25-9-6-13(7-10-25)17-5-4-14-11-15(21)12-22-18(14)23-17/h2-5,8,11-13H,6-7,9-10H2,1H3. The molecule has 0 saturated carbocycles. The SMILES string of the molecule is Cn1cccc(C(=O)N2CCC(c3ccc4cc(Cl)cnc4n3)CC2)c1=O. The number of hydrogen-bond donors (Lipinski definition) is 0. The number of hydrogen-bond acceptors (Lipinski definition) is 4. The van der Waals surface area contributed by atoms with Crippen LogP contribution in [0.5, 0.6) is 0 Å². The Balaban J connectivity index is 1.49. The number of pyridine rings is 3. The van der Waals surface area contributed by atoms with Gasteiger partial charge in [0, 0.05) is 49.5 Å². The quantitative estimate of drug-likeness (QED) is 0.683. The number of carbonyl (C=O) groups excluding carboxylic acids is 1. The predicted octanol–water partition coefficient (Wildman–Crippen LogP) is 3.00. The third kappa shape index (κ3) is 3.45. The fourth-order valence-corrected chi connectivity index (χ4v) is 3.70. The number of aryl methyl sites for hydroxylation is 1. The molecule has 3 aromatic rings. The molecule has 0 unspecified atom stereocenters. The molecule has 0 aromatic carbocycles. The van der Waals surface area contributed by atoms with Crippen molar-refractivity contribution >= 4 is 28.5 Å². The maximum absolute atomic E-state index is 12.7. The molecule has 3 aromatic heterocycles. The molecule has 0 aliphatic carbocycles. The van der Waals surface area contributed by atoms with Gasteiger partial charge in [-0.05, 0) is 43.2 Å². The van der Waals surface area contributed by atoms with Crippen LogP contribution in [0.15, 0.2) is 47.5 Å². The number of carbonyl (C=O) groups is 1. The van der Waals surface area contributed by atoms with Crippen molar-refractivity contribution in [3.8, 4) is 0 Å². The summed E-state index contributed by atoms with van der Waals surface area (Å²) in [5.74, 6) is 0.0759. The number of fused-ring (bicyclic) bond motifs is 1. The zero-order valence-electron chi connectivity index (χ0n) is 14.9. The van der Waals surface area contributed by atoms with Crippen molar-refractivity contribution < 1.29 is 4.79 Å². The van der Waals surface area contributed by atoms with E-state index in [4.69, 9.17) is 11.6 Å². The van der Waals surface area contributed by atoms with Gasteiger partial charge in [-0.1, -0.05) is 11.6 Å². The van der Waals surface area contributed by atoms with Crippen LogP contribution < -0.4 is 5.56 Å². The van der Waals surface area contributed by atoms with E-state index in [9.17, 15) is 9.59 Å². The molecule has 6 nitrogen and oxygen atoms in total. The van der Waals surface area contributed by atoms with E-state index < -0.39 is 0 Å². The number of rotatable bonds is 2. The number of aromatic nitrogens is 3. The summed E-state index contributed by atoms with van der Waals surface area (Å²) >= 11 is 5.97. The Bertz CT molecular complexity index is 1070. The van der Waals surface area contributed by atoms with Crippen LogP contribution in [0.1, 0.15) is 34.8 Å². The largest absolute Gasteiger partial charge is 0.338 e. The van der Waals surface area contributed by atoms with E-state index in [-0.39, 0.29) is 22.9 Å². The molecule has 1 fully saturated rings. The molecular formula is C20H19ClN4O2. The Kier molecular flexibility index (Phi) is 4.66. The van der Waals surface area contributed by atoms with Gasteiger partial charge >= 0.3 is 0 Å². The topological polar surface area (TPSA) is 68.1 Å². The van der Waals surface area contributed by atoms with Crippen molar-refractivity contribution in [2.75, 3.05) is 13.1 Å². The summed E-state index contributed by atoms with van der Waals surface area (Å²) in [4.78, 5) is 35.6. The summed E-state index contributed by atoms with van der Waals surface area (Å²) in [6.07, 6.45) is 4.87. The average molecular weight is 383 g/mol. The summed E-state index contributed by atoms with van der Waals surface area (Å²) in [6, 6.07) is 9.16. The lowest BCUT2D eigenvalue weighted by molar-refractivity contribution is 0.0709. The molecule has 1 aliphatic rings. The van der Waals surface area contributed by atoms with Crippen molar-refractivity contribution in [1.29, 1.82) is 0 Å². The Hall–Kier alpha value is -2.73. The molecule has 1 saturated heterocycles. The molecule has 1 aliphatic heterocycles. The highest BCUT2D eigenvalue weighted by Crippen LogP contribution is 2.28. The van der Waals surface area contributed by atoms with Crippen LogP contribution >= 0.6 is 11.6 Å². The number of piperidine rings is 1. The second kappa shape index (κ2) is 7.12. The van der Waals surface area contributed by atoms with Gasteiger partial charge in [0.15, 0.2) is 5.65 Å². The summed E-state index contributed by atoms with van der Waals surface area (Å²) in [7, 11) is 1.65. The van der Waals surface area contributed by atoms with Gasteiger partial charge in [0.25, 0.3) is 11.5 Å². The first-order valence-electron chi connectivity index (χ1n) is 8.90. The van der Waals surface area contributed by atoms with Crippen molar-refractivity contribution in [1.82, 2.24) is 19.4 Å². The van der Waals surface area contributed by atoms with Crippen molar-refractivity contribution in [2.45, 2.75) is 18.8 Å². The van der Waals surface area contributed by atoms with Gasteiger partial charge in [-0.3, -0.25) is 9.59 Å². The Morgan fingerprint density at radius 3 is 2.78 bits per heavy atom. The summed E-state index contributed by atoms with van der Waals surface area (Å²) in [5.41, 5.74) is 1.64. The van der Waals surface area contributed by atoms with Crippen molar-refractivity contribution in [3.63, 3.8) is 0 Å². The smallest absolute Gasteiger partial charge is 0.263 e. The number of likely N-dealkylation sites (tertiary alicyclic amines) is 1. The highest BCUT2D eigenvalue weighted by atomic mass is 35.5. The molecule has 0 N–H and O–H groups in total. The van der Waals surface area contributed by atoms with Crippen LogP contribution in [0.3, 0.4) is 0 Å². The zero-order chi connectivity index (χ0) is 19.0. The molecule has 27 heavy (non-hydrogen) atoms. The van der Waals surface area contributed by atoms with Crippen LogP contribution in [0.2, 0.25) is 5.02 Å². The Labute approximate surface area is 161 Å². The van der Waals surface area contributed by atoms with Crippen LogP contribution in [-0.4, -0.2) is 38.4 Å². The van der Waals surface area contributed by atoms with E-state index in [0.717, 1.165) is 23.9 Å². The lowest BCUT2D eigenvalue weighted by Crippen LogP contribution is -2.40. The molecule has 1 amide bonds. The van der Waals surface area contributed by atoms with Gasteiger partial charge in [0.05, 0.1) is 5.02 Å². The van der Waals surface area contributed by atoms with Gasteiger partial charge in [0.1, 0.15) is 5.56 Å². The summed E-state index contributed by atoms with van der Waals surface area (Å²) < 4.78 is 1.43. The van der Waals surface area contributed by atoms with Crippen LogP contribution in [0, 0.1) is 0 Å². The van der Waals surface area contributed by atoms with Crippen molar-refractivity contribution in [3.05, 3.63) is 69.4 Å². The van der Waals surface area contributed by atoms with Crippen LogP contribution in [-0.2, 0) is 7.05 Å². The minimum absolute atomic E-state index is 0.197. The molecular weight excluding hydrogens is 364 g/mol. The number of halogens is 1. The maximum atomic E-state index is 12.7. The second-order valence-electron chi connectivity index (χ2n) is 6.84.